The number of anilines is 1. The van der Waals surface area contributed by atoms with Gasteiger partial charge in [-0.05, 0) is 28.3 Å². The number of aromatic nitrogens is 3. The molecule has 0 amide bonds. The van der Waals surface area contributed by atoms with Crippen molar-refractivity contribution in [2.24, 2.45) is 0 Å². The van der Waals surface area contributed by atoms with Crippen LogP contribution in [0.1, 0.15) is 16.0 Å². The van der Waals surface area contributed by atoms with Gasteiger partial charge in [0.25, 0.3) is 0 Å². The highest BCUT2D eigenvalue weighted by Crippen LogP contribution is 2.45. The van der Waals surface area contributed by atoms with E-state index in [1.165, 1.54) is 32.1 Å². The monoisotopic (exact) mass is 446 g/mol. The van der Waals surface area contributed by atoms with E-state index in [0.29, 0.717) is 0 Å². The Morgan fingerprint density at radius 2 is 1.48 bits per heavy atom. The summed E-state index contributed by atoms with van der Waals surface area (Å²) in [6.07, 6.45) is 2.51. The lowest BCUT2D eigenvalue weighted by atomic mass is 10.0. The molecule has 3 aromatic carbocycles. The van der Waals surface area contributed by atoms with Crippen LogP contribution in [0.3, 0.4) is 0 Å². The first-order chi connectivity index (χ1) is 16.3. The van der Waals surface area contributed by atoms with Crippen LogP contribution in [0.4, 0.5) is 5.00 Å². The van der Waals surface area contributed by atoms with Gasteiger partial charge in [0.05, 0.1) is 12.1 Å². The highest BCUT2D eigenvalue weighted by atomic mass is 32.1. The number of fused-ring (bicyclic) bond motifs is 3. The molecule has 1 aliphatic rings. The maximum absolute atomic E-state index is 4.53. The van der Waals surface area contributed by atoms with Gasteiger partial charge in [-0.25, -0.2) is 4.98 Å². The van der Waals surface area contributed by atoms with Crippen molar-refractivity contribution in [3.63, 3.8) is 0 Å². The Morgan fingerprint density at radius 3 is 2.24 bits per heavy atom. The number of rotatable bonds is 5. The van der Waals surface area contributed by atoms with E-state index in [1.54, 1.807) is 6.33 Å². The molecule has 5 heteroatoms. The van der Waals surface area contributed by atoms with E-state index in [0.717, 1.165) is 30.2 Å². The van der Waals surface area contributed by atoms with E-state index in [9.17, 15) is 0 Å². The number of nitrogens with zero attached hydrogens (tertiary/aromatic N) is 4. The Bertz CT molecular complexity index is 1420. The third kappa shape index (κ3) is 3.66. The molecule has 0 N–H and O–H groups in total. The first kappa shape index (κ1) is 19.7. The van der Waals surface area contributed by atoms with Gasteiger partial charge in [0.15, 0.2) is 5.82 Å². The van der Waals surface area contributed by atoms with Gasteiger partial charge in [0.2, 0.25) is 0 Å². The van der Waals surface area contributed by atoms with Crippen LogP contribution in [0.2, 0.25) is 0 Å². The third-order valence-corrected chi connectivity index (χ3v) is 7.13. The molecule has 0 bridgehead atoms. The molecule has 0 spiro atoms. The zero-order chi connectivity index (χ0) is 22.2. The molecule has 0 saturated heterocycles. The molecule has 2 aromatic heterocycles. The summed E-state index contributed by atoms with van der Waals surface area (Å²) in [4.78, 5) is 8.09. The molecular formula is C28H22N4S. The van der Waals surface area contributed by atoms with Crippen LogP contribution in [0, 0.1) is 0 Å². The minimum atomic E-state index is 0.728. The van der Waals surface area contributed by atoms with Gasteiger partial charge in [-0.1, -0.05) is 91.5 Å². The molecule has 5 aromatic rings. The SMILES string of the molecule is C=C1N(Cc2ccc(-c3ccccc3)cc2)c2sc(Cc3ccccc3)cc2-c2ncnn21. The summed E-state index contributed by atoms with van der Waals surface area (Å²) in [7, 11) is 0. The topological polar surface area (TPSA) is 34.0 Å². The lowest BCUT2D eigenvalue weighted by molar-refractivity contribution is 0.824. The zero-order valence-electron chi connectivity index (χ0n) is 18.1. The summed E-state index contributed by atoms with van der Waals surface area (Å²) in [5.74, 6) is 1.69. The van der Waals surface area contributed by atoms with Gasteiger partial charge < -0.3 is 4.90 Å². The van der Waals surface area contributed by atoms with Gasteiger partial charge in [0.1, 0.15) is 17.1 Å². The van der Waals surface area contributed by atoms with Crippen LogP contribution in [0.25, 0.3) is 28.3 Å². The number of hydrogen-bond acceptors (Lipinski definition) is 4. The molecule has 3 heterocycles. The van der Waals surface area contributed by atoms with E-state index < -0.39 is 0 Å². The fraction of sp³-hybridized carbons (Fsp3) is 0.0714. The van der Waals surface area contributed by atoms with Crippen LogP contribution in [-0.2, 0) is 13.0 Å². The third-order valence-electron chi connectivity index (χ3n) is 5.98. The van der Waals surface area contributed by atoms with Crippen LogP contribution in [0.15, 0.2) is 104 Å². The van der Waals surface area contributed by atoms with Gasteiger partial charge in [-0.2, -0.15) is 9.78 Å². The van der Waals surface area contributed by atoms with E-state index in [1.807, 2.05) is 22.1 Å². The van der Waals surface area contributed by atoms with Gasteiger partial charge in [0, 0.05) is 11.3 Å². The molecule has 0 saturated carbocycles. The molecule has 33 heavy (non-hydrogen) atoms. The van der Waals surface area contributed by atoms with Crippen molar-refractivity contribution in [1.82, 2.24) is 14.8 Å². The first-order valence-electron chi connectivity index (χ1n) is 10.9. The second kappa shape index (κ2) is 8.19. The lowest BCUT2D eigenvalue weighted by Crippen LogP contribution is -2.27. The maximum Gasteiger partial charge on any atom is 0.167 e. The van der Waals surface area contributed by atoms with Crippen molar-refractivity contribution in [2.75, 3.05) is 4.90 Å². The molecule has 0 fully saturated rings. The van der Waals surface area contributed by atoms with Crippen molar-refractivity contribution in [3.05, 3.63) is 120 Å². The van der Waals surface area contributed by atoms with E-state index in [2.05, 4.69) is 106 Å². The molecule has 160 valence electrons. The summed E-state index contributed by atoms with van der Waals surface area (Å²) in [6.45, 7) is 5.08. The van der Waals surface area contributed by atoms with Gasteiger partial charge >= 0.3 is 0 Å². The molecule has 0 atom stereocenters. The largest absolute Gasteiger partial charge is 0.313 e. The normalized spacial score (nSPS) is 12.5. The van der Waals surface area contributed by atoms with Crippen LogP contribution in [-0.4, -0.2) is 14.8 Å². The second-order valence-corrected chi connectivity index (χ2v) is 9.27. The Hall–Kier alpha value is -3.96. The standard InChI is InChI=1S/C28H22N4S/c1-20-31(18-22-12-14-24(15-13-22)23-10-6-3-7-11-23)28-26(27-29-19-30-32(20)27)17-25(33-28)16-21-8-4-2-5-9-21/h2-15,17,19H,1,16,18H2. The predicted molar refractivity (Wildman–Crippen MR) is 136 cm³/mol. The van der Waals surface area contributed by atoms with Crippen molar-refractivity contribution in [2.45, 2.75) is 13.0 Å². The average Bonchev–Trinajstić information content (AvgIpc) is 3.51. The average molecular weight is 447 g/mol. The number of thiophene rings is 1. The van der Waals surface area contributed by atoms with Crippen LogP contribution < -0.4 is 4.90 Å². The predicted octanol–water partition coefficient (Wildman–Crippen LogP) is 6.71. The highest BCUT2D eigenvalue weighted by molar-refractivity contribution is 7.17. The van der Waals surface area contributed by atoms with Crippen molar-refractivity contribution in [3.8, 4) is 22.5 Å². The van der Waals surface area contributed by atoms with Gasteiger partial charge in [-0.15, -0.1) is 11.3 Å². The molecule has 0 aliphatic carbocycles. The summed E-state index contributed by atoms with van der Waals surface area (Å²) in [5, 5.41) is 5.62. The number of benzene rings is 3. The minimum Gasteiger partial charge on any atom is -0.313 e. The highest BCUT2D eigenvalue weighted by Gasteiger charge is 2.29. The molecular weight excluding hydrogens is 424 g/mol. The van der Waals surface area contributed by atoms with Crippen molar-refractivity contribution < 1.29 is 0 Å². The van der Waals surface area contributed by atoms with Crippen molar-refractivity contribution >= 4 is 22.2 Å². The molecule has 0 unspecified atom stereocenters. The minimum absolute atomic E-state index is 0.728. The van der Waals surface area contributed by atoms with Gasteiger partial charge in [-0.3, -0.25) is 0 Å². The number of hydrogen-bond donors (Lipinski definition) is 0. The summed E-state index contributed by atoms with van der Waals surface area (Å²) >= 11 is 1.81. The Balaban J connectivity index is 1.33. The van der Waals surface area contributed by atoms with Crippen molar-refractivity contribution in [1.29, 1.82) is 0 Å². The lowest BCUT2D eigenvalue weighted by Gasteiger charge is -2.30. The van der Waals surface area contributed by atoms with E-state index >= 15 is 0 Å². The summed E-state index contributed by atoms with van der Waals surface area (Å²) < 4.78 is 1.85. The van der Waals surface area contributed by atoms with Crippen LogP contribution >= 0.6 is 11.3 Å². The van der Waals surface area contributed by atoms with Crippen LogP contribution in [0.5, 0.6) is 0 Å². The van der Waals surface area contributed by atoms with E-state index in [-0.39, 0.29) is 0 Å². The Morgan fingerprint density at radius 1 is 0.788 bits per heavy atom. The maximum atomic E-state index is 4.53. The quantitative estimate of drug-likeness (QED) is 0.301. The Kier molecular flexibility index (Phi) is 4.89. The zero-order valence-corrected chi connectivity index (χ0v) is 18.9. The van der Waals surface area contributed by atoms with E-state index in [4.69, 9.17) is 0 Å². The first-order valence-corrected chi connectivity index (χ1v) is 11.8. The molecule has 4 nitrogen and oxygen atoms in total. The fourth-order valence-corrected chi connectivity index (χ4v) is 5.50. The summed E-state index contributed by atoms with van der Waals surface area (Å²) in [5.41, 5.74) is 6.10. The molecule has 0 radical (unpaired) electrons. The fourth-order valence-electron chi connectivity index (χ4n) is 4.30. The Labute approximate surface area is 197 Å². The molecule has 6 rings (SSSR count). The summed E-state index contributed by atoms with van der Waals surface area (Å²) in [6, 6.07) is 32.1. The molecule has 1 aliphatic heterocycles. The smallest absolute Gasteiger partial charge is 0.167 e. The second-order valence-electron chi connectivity index (χ2n) is 8.15.